The third kappa shape index (κ3) is 6.30. The first-order chi connectivity index (χ1) is 24.6. The van der Waals surface area contributed by atoms with Crippen LogP contribution in [0, 0.1) is 17.8 Å². The van der Waals surface area contributed by atoms with Gasteiger partial charge in [-0.05, 0) is 106 Å². The summed E-state index contributed by atoms with van der Waals surface area (Å²) in [5.74, 6) is -4.46. The van der Waals surface area contributed by atoms with Gasteiger partial charge in [0.2, 0.25) is 5.95 Å². The number of carbonyl (C=O) groups excluding carboxylic acids is 1. The van der Waals surface area contributed by atoms with Gasteiger partial charge in [0.15, 0.2) is 5.69 Å². The predicted molar refractivity (Wildman–Crippen MR) is 181 cm³/mol. The summed E-state index contributed by atoms with van der Waals surface area (Å²) in [5.41, 5.74) is -2.49. The summed E-state index contributed by atoms with van der Waals surface area (Å²) in [6.07, 6.45) is 5.81. The molecule has 282 valence electrons. The van der Waals surface area contributed by atoms with Crippen molar-refractivity contribution < 1.29 is 41.4 Å². The van der Waals surface area contributed by atoms with Crippen LogP contribution in [0.2, 0.25) is 0 Å². The number of carbonyl (C=O) groups is 2. The summed E-state index contributed by atoms with van der Waals surface area (Å²) in [6, 6.07) is 5.79. The Morgan fingerprint density at radius 1 is 1.00 bits per heavy atom. The summed E-state index contributed by atoms with van der Waals surface area (Å²) in [7, 11) is 0. The molecule has 2 aromatic rings. The average Bonchev–Trinajstić information content (AvgIpc) is 3.53. The number of rotatable bonds is 7. The van der Waals surface area contributed by atoms with Crippen LogP contribution in [0.25, 0.3) is 0 Å². The van der Waals surface area contributed by atoms with E-state index in [-0.39, 0.29) is 60.8 Å². The summed E-state index contributed by atoms with van der Waals surface area (Å²) < 4.78 is 77.4. The van der Waals surface area contributed by atoms with Gasteiger partial charge in [-0.1, -0.05) is 26.2 Å². The fourth-order valence-corrected chi connectivity index (χ4v) is 10.6. The molecule has 9 nitrogen and oxygen atoms in total. The molecule has 1 aromatic carbocycles. The Morgan fingerprint density at radius 3 is 2.40 bits per heavy atom. The number of amides is 1. The number of carboxylic acids is 1. The SMILES string of the molecule is CC1CC2CC(C1)C(NC(=O)c1cnc(N3CC4(CCCCC4)c4cc(OC5CCC(N6CC(F)(F)C6)CC5)ccc43)nc1C(F)(F)F)(C(=O)O)C2. The molecule has 4 aliphatic carbocycles. The summed E-state index contributed by atoms with van der Waals surface area (Å²) in [5, 5.41) is 12.8. The number of aliphatic carboxylic acids is 1. The fourth-order valence-electron chi connectivity index (χ4n) is 10.6. The van der Waals surface area contributed by atoms with Gasteiger partial charge in [-0.15, -0.1) is 0 Å². The zero-order chi connectivity index (χ0) is 36.6. The van der Waals surface area contributed by atoms with Crippen molar-refractivity contribution in [2.45, 2.75) is 126 Å². The second-order valence-electron chi connectivity index (χ2n) is 16.7. The number of nitrogens with zero attached hydrogens (tertiary/aromatic N) is 4. The highest BCUT2D eigenvalue weighted by molar-refractivity contribution is 5.99. The highest BCUT2D eigenvalue weighted by Gasteiger charge is 2.57. The molecule has 4 saturated carbocycles. The largest absolute Gasteiger partial charge is 0.490 e. The topological polar surface area (TPSA) is 108 Å². The van der Waals surface area contributed by atoms with Crippen molar-refractivity contribution in [1.29, 1.82) is 0 Å². The molecule has 1 aromatic heterocycles. The number of hydrogen-bond acceptors (Lipinski definition) is 7. The molecule has 8 rings (SSSR count). The van der Waals surface area contributed by atoms with E-state index in [0.717, 1.165) is 76.0 Å². The highest BCUT2D eigenvalue weighted by atomic mass is 19.4. The Balaban J connectivity index is 1.05. The van der Waals surface area contributed by atoms with E-state index in [1.54, 1.807) is 4.90 Å². The van der Waals surface area contributed by atoms with Crippen LogP contribution in [0.3, 0.4) is 0 Å². The van der Waals surface area contributed by atoms with Gasteiger partial charge in [0.25, 0.3) is 11.8 Å². The van der Waals surface area contributed by atoms with E-state index in [1.807, 2.05) is 30.0 Å². The maximum absolute atomic E-state index is 14.7. The van der Waals surface area contributed by atoms with Crippen LogP contribution in [-0.4, -0.2) is 75.1 Å². The first-order valence-corrected chi connectivity index (χ1v) is 18.9. The summed E-state index contributed by atoms with van der Waals surface area (Å²) in [4.78, 5) is 38.1. The van der Waals surface area contributed by atoms with Crippen molar-refractivity contribution in [3.8, 4) is 5.75 Å². The predicted octanol–water partition coefficient (Wildman–Crippen LogP) is 7.50. The molecule has 1 amide bonds. The quantitative estimate of drug-likeness (QED) is 0.282. The molecule has 4 unspecified atom stereocenters. The third-order valence-corrected chi connectivity index (χ3v) is 13.0. The van der Waals surface area contributed by atoms with E-state index in [4.69, 9.17) is 4.74 Å². The Labute approximate surface area is 299 Å². The number of fused-ring (bicyclic) bond motifs is 4. The van der Waals surface area contributed by atoms with Gasteiger partial charge < -0.3 is 20.1 Å². The first kappa shape index (κ1) is 35.5. The number of nitrogens with one attached hydrogen (secondary N) is 1. The minimum Gasteiger partial charge on any atom is -0.490 e. The van der Waals surface area contributed by atoms with Crippen LogP contribution in [0.15, 0.2) is 24.4 Å². The van der Waals surface area contributed by atoms with Gasteiger partial charge in [-0.25, -0.2) is 23.5 Å². The van der Waals surface area contributed by atoms with Crippen molar-refractivity contribution in [2.75, 3.05) is 24.5 Å². The fraction of sp³-hybridized carbons (Fsp3) is 0.684. The first-order valence-electron chi connectivity index (χ1n) is 18.9. The Hall–Kier alpha value is -3.55. The van der Waals surface area contributed by atoms with Crippen molar-refractivity contribution >= 4 is 23.5 Å². The van der Waals surface area contributed by atoms with E-state index in [9.17, 15) is 36.6 Å². The van der Waals surface area contributed by atoms with Crippen molar-refractivity contribution in [2.24, 2.45) is 17.8 Å². The molecule has 3 heterocycles. The van der Waals surface area contributed by atoms with Crippen LogP contribution in [0.1, 0.15) is 112 Å². The standard InChI is InChI=1S/C38H46F5N5O4/c1-22-13-23-15-24(14-22)37(17-23,33(50)51)46-32(49)28-18-44-34(45-31(28)38(41,42)43)48-19-35(11-3-2-4-12-35)29-16-27(9-10-30(29)48)52-26-7-5-25(6-8-26)47-20-36(39,40)21-47/h9-10,16,18,22-26H,2-8,11-15,17,19-21H2,1H3,(H,46,49)(H,50,51). The summed E-state index contributed by atoms with van der Waals surface area (Å²) >= 11 is 0. The minimum absolute atomic E-state index is 0.0558. The second kappa shape index (κ2) is 12.8. The van der Waals surface area contributed by atoms with Gasteiger partial charge >= 0.3 is 12.1 Å². The van der Waals surface area contributed by atoms with Gasteiger partial charge in [0.1, 0.15) is 11.3 Å². The molecule has 4 atom stereocenters. The molecular weight excluding hydrogens is 685 g/mol. The highest BCUT2D eigenvalue weighted by Crippen LogP contribution is 2.53. The lowest BCUT2D eigenvalue weighted by Crippen LogP contribution is -2.60. The molecule has 1 spiro atoms. The molecule has 14 heteroatoms. The number of carboxylic acid groups (broad SMARTS) is 1. The minimum atomic E-state index is -5.00. The zero-order valence-corrected chi connectivity index (χ0v) is 29.4. The number of halogens is 5. The molecule has 52 heavy (non-hydrogen) atoms. The molecule has 5 fully saturated rings. The summed E-state index contributed by atoms with van der Waals surface area (Å²) in [6.45, 7) is 2.05. The number of anilines is 2. The van der Waals surface area contributed by atoms with Gasteiger partial charge in [-0.2, -0.15) is 13.2 Å². The normalized spacial score (nSPS) is 32.3. The molecule has 2 bridgehead atoms. The van der Waals surface area contributed by atoms with Crippen LogP contribution in [0.5, 0.6) is 5.75 Å². The van der Waals surface area contributed by atoms with E-state index >= 15 is 0 Å². The lowest BCUT2D eigenvalue weighted by Gasteiger charge is -2.46. The van der Waals surface area contributed by atoms with Crippen LogP contribution >= 0.6 is 0 Å². The lowest BCUT2D eigenvalue weighted by atomic mass is 9.71. The maximum Gasteiger partial charge on any atom is 0.434 e. The molecule has 0 radical (unpaired) electrons. The Kier molecular flexibility index (Phi) is 8.73. The molecular formula is C38H46F5N5O4. The van der Waals surface area contributed by atoms with Crippen molar-refractivity contribution in [3.05, 3.63) is 41.2 Å². The Morgan fingerprint density at radius 2 is 1.73 bits per heavy atom. The number of likely N-dealkylation sites (tertiary alicyclic amines) is 1. The lowest BCUT2D eigenvalue weighted by molar-refractivity contribution is -0.151. The molecule has 2 N–H and O–H groups in total. The van der Waals surface area contributed by atoms with E-state index in [2.05, 4.69) is 15.3 Å². The van der Waals surface area contributed by atoms with Crippen LogP contribution < -0.4 is 15.0 Å². The van der Waals surface area contributed by atoms with E-state index in [0.29, 0.717) is 30.8 Å². The van der Waals surface area contributed by atoms with Gasteiger partial charge in [0.05, 0.1) is 24.8 Å². The Bertz CT molecular complexity index is 1720. The van der Waals surface area contributed by atoms with Crippen molar-refractivity contribution in [3.63, 3.8) is 0 Å². The average molecular weight is 732 g/mol. The molecule has 2 aliphatic heterocycles. The van der Waals surface area contributed by atoms with Gasteiger partial charge in [-0.3, -0.25) is 9.69 Å². The molecule has 6 aliphatic rings. The monoisotopic (exact) mass is 731 g/mol. The third-order valence-electron chi connectivity index (χ3n) is 13.0. The molecule has 1 saturated heterocycles. The number of alkyl halides is 5. The number of benzene rings is 1. The van der Waals surface area contributed by atoms with E-state index in [1.165, 1.54) is 0 Å². The smallest absolute Gasteiger partial charge is 0.434 e. The number of hydrogen-bond donors (Lipinski definition) is 2. The number of ether oxygens (including phenoxy) is 1. The van der Waals surface area contributed by atoms with Crippen molar-refractivity contribution in [1.82, 2.24) is 20.2 Å². The number of aromatic nitrogens is 2. The van der Waals surface area contributed by atoms with Crippen LogP contribution in [-0.2, 0) is 16.4 Å². The van der Waals surface area contributed by atoms with Crippen LogP contribution in [0.4, 0.5) is 33.6 Å². The maximum atomic E-state index is 14.7. The second-order valence-corrected chi connectivity index (χ2v) is 16.7. The zero-order valence-electron chi connectivity index (χ0n) is 29.4. The van der Waals surface area contributed by atoms with Gasteiger partial charge in [0, 0.05) is 29.9 Å². The van der Waals surface area contributed by atoms with E-state index < -0.39 is 40.8 Å².